The fraction of sp³-hybridized carbons (Fsp3) is 0.240. The monoisotopic (exact) mass is 481 g/mol. The smallest absolute Gasteiger partial charge is 0.264 e. The summed E-state index contributed by atoms with van der Waals surface area (Å²) in [6, 6.07) is 15.1. The van der Waals surface area contributed by atoms with Crippen LogP contribution in [-0.2, 0) is 14.8 Å². The minimum atomic E-state index is -3.94. The molecule has 0 saturated carbocycles. The summed E-state index contributed by atoms with van der Waals surface area (Å²) >= 11 is 0. The Morgan fingerprint density at radius 2 is 1.76 bits per heavy atom. The fourth-order valence-electron chi connectivity index (χ4n) is 3.80. The second-order valence-corrected chi connectivity index (χ2v) is 9.55. The highest BCUT2D eigenvalue weighted by atomic mass is 32.2. The molecule has 3 aromatic rings. The number of carbonyl (C=O) groups is 1. The van der Waals surface area contributed by atoms with Gasteiger partial charge in [-0.2, -0.15) is 0 Å². The van der Waals surface area contributed by atoms with Crippen molar-refractivity contribution in [2.75, 3.05) is 35.1 Å². The van der Waals surface area contributed by atoms with E-state index in [0.29, 0.717) is 28.6 Å². The number of sulfonamides is 1. The van der Waals surface area contributed by atoms with Gasteiger partial charge in [0.2, 0.25) is 5.91 Å². The summed E-state index contributed by atoms with van der Waals surface area (Å²) in [5.74, 6) is 0.778. The molecule has 1 amide bonds. The number of rotatable bonds is 8. The third-order valence-electron chi connectivity index (χ3n) is 5.50. The Morgan fingerprint density at radius 3 is 2.44 bits per heavy atom. The summed E-state index contributed by atoms with van der Waals surface area (Å²) in [5, 5.41) is 2.73. The molecule has 2 N–H and O–H groups in total. The van der Waals surface area contributed by atoms with Gasteiger partial charge in [0.1, 0.15) is 16.4 Å². The number of benzene rings is 2. The van der Waals surface area contributed by atoms with Crippen molar-refractivity contribution >= 4 is 39.1 Å². The first kappa shape index (κ1) is 23.4. The Bertz CT molecular complexity index is 1250. The van der Waals surface area contributed by atoms with E-state index in [2.05, 4.69) is 14.9 Å². The van der Waals surface area contributed by atoms with Gasteiger partial charge in [-0.25, -0.2) is 8.42 Å². The molecule has 178 valence electrons. The van der Waals surface area contributed by atoms with Crippen molar-refractivity contribution in [2.24, 2.45) is 0 Å². The van der Waals surface area contributed by atoms with Crippen LogP contribution in [0.15, 0.2) is 76.2 Å². The van der Waals surface area contributed by atoms with Crippen molar-refractivity contribution < 1.29 is 22.4 Å². The molecule has 2 heterocycles. The largest absolute Gasteiger partial charge is 0.497 e. The molecule has 1 aliphatic heterocycles. The minimum absolute atomic E-state index is 0.109. The lowest BCUT2D eigenvalue weighted by atomic mass is 10.1. The lowest BCUT2D eigenvalue weighted by Crippen LogP contribution is -2.31. The predicted molar refractivity (Wildman–Crippen MR) is 133 cm³/mol. The number of amides is 1. The Kier molecular flexibility index (Phi) is 7.22. The molecule has 4 rings (SSSR count). The van der Waals surface area contributed by atoms with Crippen LogP contribution in [0.2, 0.25) is 0 Å². The van der Waals surface area contributed by atoms with Gasteiger partial charge in [-0.05, 0) is 79.9 Å². The van der Waals surface area contributed by atoms with Gasteiger partial charge in [0, 0.05) is 30.5 Å². The molecule has 0 spiro atoms. The molecule has 9 heteroatoms. The number of ether oxygens (including phenoxy) is 1. The Balaban J connectivity index is 1.62. The number of carbonyl (C=O) groups excluding carboxylic acids is 1. The molecule has 1 aromatic heterocycles. The van der Waals surface area contributed by atoms with Gasteiger partial charge in [0.15, 0.2) is 0 Å². The molecule has 0 unspecified atom stereocenters. The van der Waals surface area contributed by atoms with Gasteiger partial charge in [-0.1, -0.05) is 0 Å². The summed E-state index contributed by atoms with van der Waals surface area (Å²) < 4.78 is 39.8. The number of hydrogen-bond donors (Lipinski definition) is 2. The normalized spacial score (nSPS) is 14.2. The number of nitrogens with one attached hydrogen (secondary N) is 2. The Morgan fingerprint density at radius 1 is 1.03 bits per heavy atom. The van der Waals surface area contributed by atoms with E-state index in [0.717, 1.165) is 32.4 Å². The quantitative estimate of drug-likeness (QED) is 0.451. The first-order chi connectivity index (χ1) is 16.4. The van der Waals surface area contributed by atoms with Gasteiger partial charge in [-0.3, -0.25) is 9.52 Å². The molecule has 0 aliphatic carbocycles. The zero-order chi connectivity index (χ0) is 24.0. The van der Waals surface area contributed by atoms with E-state index in [4.69, 9.17) is 9.15 Å². The Hall–Kier alpha value is -3.72. The maximum atomic E-state index is 13.4. The lowest BCUT2D eigenvalue weighted by Gasteiger charge is -2.30. The molecule has 0 bridgehead atoms. The first-order valence-electron chi connectivity index (χ1n) is 11.0. The summed E-state index contributed by atoms with van der Waals surface area (Å²) in [6.07, 6.45) is 7.52. The van der Waals surface area contributed by atoms with E-state index in [1.807, 2.05) is 0 Å². The third kappa shape index (κ3) is 5.79. The predicted octanol–water partition coefficient (Wildman–Crippen LogP) is 4.73. The average Bonchev–Trinajstić information content (AvgIpc) is 3.37. The highest BCUT2D eigenvalue weighted by Crippen LogP contribution is 2.32. The molecule has 0 atom stereocenters. The van der Waals surface area contributed by atoms with E-state index in [-0.39, 0.29) is 4.90 Å². The van der Waals surface area contributed by atoms with Gasteiger partial charge < -0.3 is 19.4 Å². The van der Waals surface area contributed by atoms with Crippen molar-refractivity contribution in [3.8, 4) is 5.75 Å². The fourth-order valence-corrected chi connectivity index (χ4v) is 5.11. The first-order valence-corrected chi connectivity index (χ1v) is 12.5. The van der Waals surface area contributed by atoms with Crippen molar-refractivity contribution in [3.05, 3.63) is 72.7 Å². The molecule has 1 fully saturated rings. The second-order valence-electron chi connectivity index (χ2n) is 7.90. The number of nitrogens with zero attached hydrogens (tertiary/aromatic N) is 1. The minimum Gasteiger partial charge on any atom is -0.497 e. The summed E-state index contributed by atoms with van der Waals surface area (Å²) in [5.41, 5.74) is 1.41. The van der Waals surface area contributed by atoms with Crippen LogP contribution >= 0.6 is 0 Å². The van der Waals surface area contributed by atoms with Crippen LogP contribution in [0.1, 0.15) is 25.0 Å². The zero-order valence-electron chi connectivity index (χ0n) is 18.9. The number of anilines is 3. The van der Waals surface area contributed by atoms with E-state index in [1.54, 1.807) is 61.7 Å². The second kappa shape index (κ2) is 10.5. The topological polar surface area (TPSA) is 101 Å². The van der Waals surface area contributed by atoms with Gasteiger partial charge in [-0.15, -0.1) is 0 Å². The molecule has 0 radical (unpaired) electrons. The molecule has 1 saturated heterocycles. The third-order valence-corrected chi connectivity index (χ3v) is 6.91. The van der Waals surface area contributed by atoms with Crippen LogP contribution in [0.5, 0.6) is 5.75 Å². The van der Waals surface area contributed by atoms with Crippen LogP contribution in [0, 0.1) is 0 Å². The number of piperidine rings is 1. The van der Waals surface area contributed by atoms with E-state index < -0.39 is 15.9 Å². The molecule has 8 nitrogen and oxygen atoms in total. The summed E-state index contributed by atoms with van der Waals surface area (Å²) in [6.45, 7) is 1.56. The van der Waals surface area contributed by atoms with Gasteiger partial charge >= 0.3 is 0 Å². The molecule has 34 heavy (non-hydrogen) atoms. The van der Waals surface area contributed by atoms with Crippen molar-refractivity contribution in [1.82, 2.24) is 0 Å². The molecule has 2 aromatic carbocycles. The van der Waals surface area contributed by atoms with E-state index in [9.17, 15) is 13.2 Å². The van der Waals surface area contributed by atoms with E-state index >= 15 is 0 Å². The highest BCUT2D eigenvalue weighted by molar-refractivity contribution is 7.92. The number of methoxy groups -OCH3 is 1. The van der Waals surface area contributed by atoms with E-state index in [1.165, 1.54) is 18.4 Å². The number of hydrogen-bond acceptors (Lipinski definition) is 6. The van der Waals surface area contributed by atoms with Crippen molar-refractivity contribution in [3.63, 3.8) is 0 Å². The van der Waals surface area contributed by atoms with Crippen LogP contribution in [0.4, 0.5) is 17.1 Å². The van der Waals surface area contributed by atoms with Gasteiger partial charge in [0.05, 0.1) is 19.1 Å². The zero-order valence-corrected chi connectivity index (χ0v) is 19.7. The SMILES string of the molecule is COc1ccc(NS(=O)(=O)c2cc(NC(=O)/C=C/c3ccco3)ccc2N2CCCCC2)cc1. The highest BCUT2D eigenvalue weighted by Gasteiger charge is 2.24. The van der Waals surface area contributed by atoms with Crippen LogP contribution in [-0.4, -0.2) is 34.5 Å². The summed E-state index contributed by atoms with van der Waals surface area (Å²) in [4.78, 5) is 14.6. The standard InChI is InChI=1S/C25H27N3O5S/c1-32-21-10-7-19(8-11-21)27-34(30,31)24-18-20(9-13-23(24)28-15-3-2-4-16-28)26-25(29)14-12-22-6-5-17-33-22/h5-14,17-18,27H,2-4,15-16H2,1H3,(H,26,29)/b14-12+. The van der Waals surface area contributed by atoms with Gasteiger partial charge in [0.25, 0.3) is 10.0 Å². The van der Waals surface area contributed by atoms with Crippen LogP contribution in [0.3, 0.4) is 0 Å². The van der Waals surface area contributed by atoms with Crippen molar-refractivity contribution in [2.45, 2.75) is 24.2 Å². The van der Waals surface area contributed by atoms with Crippen LogP contribution < -0.4 is 19.7 Å². The Labute approximate surface area is 199 Å². The maximum absolute atomic E-state index is 13.4. The number of furan rings is 1. The average molecular weight is 482 g/mol. The molecular weight excluding hydrogens is 454 g/mol. The maximum Gasteiger partial charge on any atom is 0.264 e. The van der Waals surface area contributed by atoms with Crippen molar-refractivity contribution in [1.29, 1.82) is 0 Å². The van der Waals surface area contributed by atoms with Crippen LogP contribution in [0.25, 0.3) is 6.08 Å². The summed E-state index contributed by atoms with van der Waals surface area (Å²) in [7, 11) is -2.39. The molecule has 1 aliphatic rings. The molecular formula is C25H27N3O5S. The lowest BCUT2D eigenvalue weighted by molar-refractivity contribution is -0.111.